The molecule has 0 unspecified atom stereocenters. The molecular formula is C9H10O5. The molecule has 0 saturated heterocycles. The van der Waals surface area contributed by atoms with Gasteiger partial charge in [-0.3, -0.25) is 0 Å². The molecule has 0 aliphatic heterocycles. The van der Waals surface area contributed by atoms with Gasteiger partial charge in [0.25, 0.3) is 0 Å². The summed E-state index contributed by atoms with van der Waals surface area (Å²) < 4.78 is 4.88. The van der Waals surface area contributed by atoms with Gasteiger partial charge in [-0.1, -0.05) is 0 Å². The molecule has 1 rings (SSSR count). The van der Waals surface area contributed by atoms with Crippen molar-refractivity contribution in [1.29, 1.82) is 0 Å². The second-order valence-electron chi connectivity index (χ2n) is 2.42. The van der Waals surface area contributed by atoms with E-state index in [0.29, 0.717) is 5.75 Å². The van der Waals surface area contributed by atoms with Gasteiger partial charge in [-0.25, -0.2) is 4.79 Å². The van der Waals surface area contributed by atoms with Crippen molar-refractivity contribution in [3.63, 3.8) is 0 Å². The van der Waals surface area contributed by atoms with Crippen LogP contribution in [0.2, 0.25) is 0 Å². The molecule has 0 aromatic heterocycles. The maximum Gasteiger partial charge on any atom is 0.339 e. The minimum Gasteiger partial charge on any atom is -0.497 e. The van der Waals surface area contributed by atoms with E-state index in [1.807, 2.05) is 0 Å². The van der Waals surface area contributed by atoms with E-state index in [2.05, 4.69) is 9.78 Å². The van der Waals surface area contributed by atoms with Gasteiger partial charge < -0.3 is 14.7 Å². The smallest absolute Gasteiger partial charge is 0.339 e. The Kier molecular flexibility index (Phi) is 3.30. The van der Waals surface area contributed by atoms with Gasteiger partial charge in [0.1, 0.15) is 11.3 Å². The molecular weight excluding hydrogens is 188 g/mol. The van der Waals surface area contributed by atoms with E-state index in [1.54, 1.807) is 6.07 Å². The Labute approximate surface area is 80.8 Å². The third-order valence-corrected chi connectivity index (χ3v) is 1.59. The van der Waals surface area contributed by atoms with Gasteiger partial charge >= 0.3 is 5.97 Å². The van der Waals surface area contributed by atoms with Crippen LogP contribution in [0.25, 0.3) is 0 Å². The molecule has 0 fully saturated rings. The number of rotatable bonds is 4. The fourth-order valence-corrected chi connectivity index (χ4v) is 0.966. The molecule has 0 bridgehead atoms. The highest BCUT2D eigenvalue weighted by molar-refractivity contribution is 5.91. The summed E-state index contributed by atoms with van der Waals surface area (Å²) in [6.07, 6.45) is 0. The largest absolute Gasteiger partial charge is 0.497 e. The van der Waals surface area contributed by atoms with E-state index in [1.165, 1.54) is 26.4 Å². The molecule has 5 nitrogen and oxygen atoms in total. The summed E-state index contributed by atoms with van der Waals surface area (Å²) >= 11 is 0. The van der Waals surface area contributed by atoms with Crippen LogP contribution in [0.4, 0.5) is 0 Å². The highest BCUT2D eigenvalue weighted by Gasteiger charge is 2.13. The molecule has 0 spiro atoms. The third kappa shape index (κ3) is 2.14. The number of benzene rings is 1. The summed E-state index contributed by atoms with van der Waals surface area (Å²) in [5, 5.41) is 8.82. The Bertz CT molecular complexity index is 334. The summed E-state index contributed by atoms with van der Waals surface area (Å²) in [5.74, 6) is -0.511. The second-order valence-corrected chi connectivity index (χ2v) is 2.42. The fourth-order valence-electron chi connectivity index (χ4n) is 0.966. The number of hydrogen-bond donors (Lipinski definition) is 1. The predicted molar refractivity (Wildman–Crippen MR) is 47.6 cm³/mol. The molecule has 0 amide bonds. The average Bonchev–Trinajstić information content (AvgIpc) is 2.18. The number of methoxy groups -OCH3 is 1. The summed E-state index contributed by atoms with van der Waals surface area (Å²) in [6, 6.07) is 4.41. The van der Waals surface area contributed by atoms with Gasteiger partial charge in [0.05, 0.1) is 14.2 Å². The lowest BCUT2D eigenvalue weighted by atomic mass is 10.2. The lowest BCUT2D eigenvalue weighted by Crippen LogP contribution is -2.02. The van der Waals surface area contributed by atoms with Gasteiger partial charge in [-0.15, -0.1) is 0 Å². The van der Waals surface area contributed by atoms with Crippen LogP contribution in [-0.2, 0) is 4.89 Å². The molecule has 1 N–H and O–H groups in total. The summed E-state index contributed by atoms with van der Waals surface area (Å²) in [4.78, 5) is 19.8. The molecule has 0 aliphatic carbocycles. The van der Waals surface area contributed by atoms with E-state index < -0.39 is 5.97 Å². The first-order valence-electron chi connectivity index (χ1n) is 3.81. The summed E-state index contributed by atoms with van der Waals surface area (Å²) in [7, 11) is 2.76. The number of carboxylic acid groups (broad SMARTS) is 1. The first-order chi connectivity index (χ1) is 6.69. The Hall–Kier alpha value is -1.75. The van der Waals surface area contributed by atoms with E-state index in [9.17, 15) is 4.79 Å². The zero-order chi connectivity index (χ0) is 10.6. The van der Waals surface area contributed by atoms with Crippen molar-refractivity contribution in [2.45, 2.75) is 0 Å². The van der Waals surface area contributed by atoms with Gasteiger partial charge in [-0.2, -0.15) is 4.89 Å². The van der Waals surface area contributed by atoms with Crippen molar-refractivity contribution in [2.75, 3.05) is 14.2 Å². The topological polar surface area (TPSA) is 65.0 Å². The molecule has 0 atom stereocenters. The highest BCUT2D eigenvalue weighted by Crippen LogP contribution is 2.24. The first kappa shape index (κ1) is 10.3. The second kappa shape index (κ2) is 4.48. The van der Waals surface area contributed by atoms with Crippen LogP contribution in [-0.4, -0.2) is 25.3 Å². The van der Waals surface area contributed by atoms with Crippen molar-refractivity contribution in [2.24, 2.45) is 0 Å². The van der Waals surface area contributed by atoms with Gasteiger partial charge in [0.2, 0.25) is 0 Å². The van der Waals surface area contributed by atoms with Gasteiger partial charge in [0.15, 0.2) is 5.75 Å². The summed E-state index contributed by atoms with van der Waals surface area (Å²) in [6.45, 7) is 0. The zero-order valence-corrected chi connectivity index (χ0v) is 7.81. The fraction of sp³-hybridized carbons (Fsp3) is 0.222. The number of carboxylic acids is 1. The van der Waals surface area contributed by atoms with Crippen LogP contribution in [0.15, 0.2) is 18.2 Å². The molecule has 14 heavy (non-hydrogen) atoms. The molecule has 76 valence electrons. The van der Waals surface area contributed by atoms with Crippen LogP contribution >= 0.6 is 0 Å². The monoisotopic (exact) mass is 198 g/mol. The molecule has 0 heterocycles. The van der Waals surface area contributed by atoms with E-state index in [-0.39, 0.29) is 11.3 Å². The first-order valence-corrected chi connectivity index (χ1v) is 3.81. The Balaban J connectivity index is 3.10. The molecule has 0 radical (unpaired) electrons. The van der Waals surface area contributed by atoms with Crippen molar-refractivity contribution >= 4 is 5.97 Å². The van der Waals surface area contributed by atoms with E-state index in [4.69, 9.17) is 9.84 Å². The standard InChI is InChI=1S/C9H10O5/c1-12-6-3-4-8(14-13-2)7(5-6)9(10)11/h3-5H,1-2H3,(H,10,11). The zero-order valence-electron chi connectivity index (χ0n) is 7.81. The van der Waals surface area contributed by atoms with Crippen molar-refractivity contribution in [1.82, 2.24) is 0 Å². The molecule has 5 heteroatoms. The van der Waals surface area contributed by atoms with Crippen LogP contribution in [0.1, 0.15) is 10.4 Å². The average molecular weight is 198 g/mol. The molecule has 1 aromatic carbocycles. The van der Waals surface area contributed by atoms with E-state index >= 15 is 0 Å². The minimum absolute atomic E-state index is 0.00815. The Morgan fingerprint density at radius 1 is 1.36 bits per heavy atom. The Morgan fingerprint density at radius 2 is 2.07 bits per heavy atom. The molecule has 0 aliphatic rings. The van der Waals surface area contributed by atoms with Gasteiger partial charge in [-0.05, 0) is 18.2 Å². The Morgan fingerprint density at radius 3 is 2.57 bits per heavy atom. The number of ether oxygens (including phenoxy) is 1. The SMILES string of the molecule is COOc1ccc(OC)cc1C(=O)O. The minimum atomic E-state index is -1.10. The maximum absolute atomic E-state index is 10.8. The number of carbonyl (C=O) groups is 1. The van der Waals surface area contributed by atoms with Crippen LogP contribution in [0.3, 0.4) is 0 Å². The van der Waals surface area contributed by atoms with Crippen LogP contribution in [0.5, 0.6) is 11.5 Å². The third-order valence-electron chi connectivity index (χ3n) is 1.59. The van der Waals surface area contributed by atoms with Gasteiger partial charge in [0, 0.05) is 0 Å². The van der Waals surface area contributed by atoms with Crippen LogP contribution in [0, 0.1) is 0 Å². The predicted octanol–water partition coefficient (Wildman–Crippen LogP) is 1.33. The lowest BCUT2D eigenvalue weighted by molar-refractivity contribution is -0.178. The normalized spacial score (nSPS) is 9.57. The van der Waals surface area contributed by atoms with Crippen LogP contribution < -0.4 is 9.62 Å². The number of aromatic carboxylic acids is 1. The number of hydrogen-bond acceptors (Lipinski definition) is 4. The maximum atomic E-state index is 10.8. The summed E-state index contributed by atoms with van der Waals surface area (Å²) in [5.41, 5.74) is -0.00815. The van der Waals surface area contributed by atoms with Crippen molar-refractivity contribution in [3.05, 3.63) is 23.8 Å². The van der Waals surface area contributed by atoms with Crippen molar-refractivity contribution in [3.8, 4) is 11.5 Å². The van der Waals surface area contributed by atoms with Crippen molar-refractivity contribution < 1.29 is 24.4 Å². The highest BCUT2D eigenvalue weighted by atomic mass is 17.2. The quantitative estimate of drug-likeness (QED) is 0.584. The molecule has 0 saturated carbocycles. The molecule has 1 aromatic rings. The van der Waals surface area contributed by atoms with E-state index in [0.717, 1.165) is 0 Å². The lowest BCUT2D eigenvalue weighted by Gasteiger charge is -2.06.